The molecule has 0 spiro atoms. The molecule has 26 heavy (non-hydrogen) atoms. The largest absolute Gasteiger partial charge is 0.493 e. The van der Waals surface area contributed by atoms with Crippen LogP contribution in [0.5, 0.6) is 11.5 Å². The van der Waals surface area contributed by atoms with Gasteiger partial charge in [-0.25, -0.2) is 0 Å². The Hall–Kier alpha value is -1.27. The summed E-state index contributed by atoms with van der Waals surface area (Å²) in [4.78, 5) is 6.75. The molecule has 1 heterocycles. The summed E-state index contributed by atoms with van der Waals surface area (Å²) in [5, 5.41) is 3.44. The molecule has 0 bridgehead atoms. The topological polar surface area (TPSA) is 46.1 Å². The molecule has 1 aromatic rings. The van der Waals surface area contributed by atoms with Crippen LogP contribution >= 0.6 is 35.7 Å². The Morgan fingerprint density at radius 1 is 1.42 bits per heavy atom. The van der Waals surface area contributed by atoms with Gasteiger partial charge in [0.05, 0.1) is 7.11 Å². The Balaban J connectivity index is 0.00000338. The van der Waals surface area contributed by atoms with E-state index in [4.69, 9.17) is 15.9 Å². The van der Waals surface area contributed by atoms with Crippen molar-refractivity contribution in [1.82, 2.24) is 10.2 Å². The zero-order chi connectivity index (χ0) is 18.3. The van der Waals surface area contributed by atoms with Gasteiger partial charge in [-0.1, -0.05) is 12.0 Å². The Bertz CT molecular complexity index is 659. The number of nitrogens with zero attached hydrogens (tertiary/aromatic N) is 2. The van der Waals surface area contributed by atoms with E-state index in [2.05, 4.69) is 35.0 Å². The molecule has 1 aliphatic heterocycles. The summed E-state index contributed by atoms with van der Waals surface area (Å²) in [5.74, 6) is 5.85. The smallest absolute Gasteiger partial charge is 0.193 e. The SMILES string of the molecule is C#CCOc1cc(CNC(=NC)N2CCSC(C)(C)C2)ccc1OC.I. The van der Waals surface area contributed by atoms with Gasteiger partial charge < -0.3 is 19.7 Å². The second-order valence-electron chi connectivity index (χ2n) is 6.41. The van der Waals surface area contributed by atoms with Crippen LogP contribution in [0.4, 0.5) is 0 Å². The second-order valence-corrected chi connectivity index (χ2v) is 8.21. The Morgan fingerprint density at radius 2 is 2.19 bits per heavy atom. The lowest BCUT2D eigenvalue weighted by Gasteiger charge is -2.39. The summed E-state index contributed by atoms with van der Waals surface area (Å²) >= 11 is 2.01. The van der Waals surface area contributed by atoms with Gasteiger partial charge in [-0.05, 0) is 31.5 Å². The van der Waals surface area contributed by atoms with Gasteiger partial charge in [0, 0.05) is 37.2 Å². The van der Waals surface area contributed by atoms with Crippen LogP contribution < -0.4 is 14.8 Å². The number of hydrogen-bond acceptors (Lipinski definition) is 4. The molecule has 0 atom stereocenters. The van der Waals surface area contributed by atoms with Crippen LogP contribution in [0.2, 0.25) is 0 Å². The number of terminal acetylenes is 1. The standard InChI is InChI=1S/C19H27N3O2S.HI/c1-6-10-24-17-12-15(7-8-16(17)23-5)13-21-18(20-4)22-9-11-25-19(2,3)14-22;/h1,7-8,12H,9-11,13-14H2,2-5H3,(H,20,21);1H. The normalized spacial score (nSPS) is 16.3. The van der Waals surface area contributed by atoms with Crippen LogP contribution in [-0.2, 0) is 6.54 Å². The summed E-state index contributed by atoms with van der Waals surface area (Å²) < 4.78 is 11.1. The van der Waals surface area contributed by atoms with E-state index < -0.39 is 0 Å². The van der Waals surface area contributed by atoms with Crippen molar-refractivity contribution in [2.24, 2.45) is 4.99 Å². The van der Waals surface area contributed by atoms with Crippen molar-refractivity contribution in [3.05, 3.63) is 23.8 Å². The van der Waals surface area contributed by atoms with Crippen molar-refractivity contribution in [2.75, 3.05) is 39.6 Å². The van der Waals surface area contributed by atoms with E-state index in [-0.39, 0.29) is 35.3 Å². The Kier molecular flexibility index (Phi) is 9.44. The molecule has 1 saturated heterocycles. The first-order chi connectivity index (χ1) is 12.0. The monoisotopic (exact) mass is 489 g/mol. The Labute approximate surface area is 178 Å². The van der Waals surface area contributed by atoms with E-state index in [1.165, 1.54) is 0 Å². The molecule has 7 heteroatoms. The number of guanidine groups is 1. The first-order valence-electron chi connectivity index (χ1n) is 8.32. The zero-order valence-corrected chi connectivity index (χ0v) is 19.0. The van der Waals surface area contributed by atoms with Crippen molar-refractivity contribution in [3.8, 4) is 23.8 Å². The molecule has 0 saturated carbocycles. The zero-order valence-electron chi connectivity index (χ0n) is 15.9. The van der Waals surface area contributed by atoms with E-state index in [9.17, 15) is 0 Å². The molecule has 1 aliphatic rings. The molecular formula is C19H28IN3O2S. The summed E-state index contributed by atoms with van der Waals surface area (Å²) in [6.45, 7) is 7.41. The molecule has 0 amide bonds. The summed E-state index contributed by atoms with van der Waals surface area (Å²) in [7, 11) is 3.44. The minimum absolute atomic E-state index is 0. The number of rotatable bonds is 5. The predicted molar refractivity (Wildman–Crippen MR) is 121 cm³/mol. The van der Waals surface area contributed by atoms with Gasteiger partial charge in [0.25, 0.3) is 0 Å². The average Bonchev–Trinajstić information content (AvgIpc) is 2.59. The highest BCUT2D eigenvalue weighted by Gasteiger charge is 2.28. The summed E-state index contributed by atoms with van der Waals surface area (Å²) in [6, 6.07) is 5.86. The molecule has 1 aromatic carbocycles. The van der Waals surface area contributed by atoms with Crippen LogP contribution in [0.15, 0.2) is 23.2 Å². The third-order valence-electron chi connectivity index (χ3n) is 3.93. The Morgan fingerprint density at radius 3 is 2.81 bits per heavy atom. The summed E-state index contributed by atoms with van der Waals surface area (Å²) in [6.07, 6.45) is 5.28. The number of hydrogen-bond donors (Lipinski definition) is 1. The number of benzene rings is 1. The lowest BCUT2D eigenvalue weighted by atomic mass is 10.2. The van der Waals surface area contributed by atoms with Crippen LogP contribution in [0.1, 0.15) is 19.4 Å². The molecular weight excluding hydrogens is 461 g/mol. The molecule has 2 rings (SSSR count). The highest BCUT2D eigenvalue weighted by molar-refractivity contribution is 14.0. The maximum Gasteiger partial charge on any atom is 0.193 e. The first kappa shape index (κ1) is 22.8. The number of halogens is 1. The van der Waals surface area contributed by atoms with E-state index in [0.29, 0.717) is 18.0 Å². The number of methoxy groups -OCH3 is 1. The van der Waals surface area contributed by atoms with Crippen molar-refractivity contribution in [2.45, 2.75) is 25.1 Å². The number of nitrogens with one attached hydrogen (secondary N) is 1. The minimum atomic E-state index is 0. The summed E-state index contributed by atoms with van der Waals surface area (Å²) in [5.41, 5.74) is 1.08. The van der Waals surface area contributed by atoms with E-state index in [1.54, 1.807) is 7.11 Å². The van der Waals surface area contributed by atoms with E-state index >= 15 is 0 Å². The number of aliphatic imine (C=N–C) groups is 1. The van der Waals surface area contributed by atoms with Crippen molar-refractivity contribution >= 4 is 41.7 Å². The third-order valence-corrected chi connectivity index (χ3v) is 5.22. The second kappa shape index (κ2) is 10.8. The van der Waals surface area contributed by atoms with Crippen molar-refractivity contribution in [1.29, 1.82) is 0 Å². The van der Waals surface area contributed by atoms with E-state index in [1.807, 2.05) is 37.0 Å². The van der Waals surface area contributed by atoms with Gasteiger partial charge in [-0.2, -0.15) is 11.8 Å². The predicted octanol–water partition coefficient (Wildman–Crippen LogP) is 3.23. The highest BCUT2D eigenvalue weighted by Crippen LogP contribution is 2.30. The molecule has 1 N–H and O–H groups in total. The fourth-order valence-corrected chi connectivity index (χ4v) is 3.89. The lowest BCUT2D eigenvalue weighted by molar-refractivity contribution is 0.330. The molecule has 1 fully saturated rings. The van der Waals surface area contributed by atoms with Gasteiger partial charge in [0.15, 0.2) is 17.5 Å². The lowest BCUT2D eigenvalue weighted by Crippen LogP contribution is -2.50. The van der Waals surface area contributed by atoms with Crippen LogP contribution in [-0.4, -0.2) is 55.2 Å². The quantitative estimate of drug-likeness (QED) is 0.298. The molecule has 0 aliphatic carbocycles. The van der Waals surface area contributed by atoms with Gasteiger partial charge in [-0.15, -0.1) is 30.4 Å². The molecule has 5 nitrogen and oxygen atoms in total. The van der Waals surface area contributed by atoms with Crippen LogP contribution in [0.25, 0.3) is 0 Å². The van der Waals surface area contributed by atoms with Crippen molar-refractivity contribution in [3.63, 3.8) is 0 Å². The fourth-order valence-electron chi connectivity index (χ4n) is 2.77. The minimum Gasteiger partial charge on any atom is -0.493 e. The van der Waals surface area contributed by atoms with Gasteiger partial charge in [0.2, 0.25) is 0 Å². The molecule has 0 unspecified atom stereocenters. The van der Waals surface area contributed by atoms with Gasteiger partial charge >= 0.3 is 0 Å². The maximum atomic E-state index is 5.56. The van der Waals surface area contributed by atoms with Crippen LogP contribution in [0, 0.1) is 12.3 Å². The van der Waals surface area contributed by atoms with Gasteiger partial charge in [0.1, 0.15) is 6.61 Å². The highest BCUT2D eigenvalue weighted by atomic mass is 127. The van der Waals surface area contributed by atoms with Gasteiger partial charge in [-0.3, -0.25) is 4.99 Å². The molecule has 0 radical (unpaired) electrons. The average molecular weight is 489 g/mol. The maximum absolute atomic E-state index is 5.56. The number of thioether (sulfide) groups is 1. The number of ether oxygens (including phenoxy) is 2. The van der Waals surface area contributed by atoms with Crippen LogP contribution in [0.3, 0.4) is 0 Å². The first-order valence-corrected chi connectivity index (χ1v) is 9.30. The van der Waals surface area contributed by atoms with E-state index in [0.717, 1.165) is 30.4 Å². The third kappa shape index (κ3) is 6.47. The molecule has 144 valence electrons. The van der Waals surface area contributed by atoms with Crippen molar-refractivity contribution < 1.29 is 9.47 Å². The fraction of sp³-hybridized carbons (Fsp3) is 0.526. The molecule has 0 aromatic heterocycles.